The van der Waals surface area contributed by atoms with E-state index in [2.05, 4.69) is 5.32 Å². The number of nitrogens with two attached hydrogens (primary N) is 1. The number of carbonyl (C=O) groups excluding carboxylic acids is 2. The normalized spacial score (nSPS) is 15.3. The van der Waals surface area contributed by atoms with E-state index in [1.54, 1.807) is 25.1 Å². The number of nitrogens with one attached hydrogen (secondary N) is 1. The van der Waals surface area contributed by atoms with Crippen LogP contribution in [-0.4, -0.2) is 36.7 Å². The average Bonchev–Trinajstić information content (AvgIpc) is 2.60. The van der Waals surface area contributed by atoms with Crippen LogP contribution in [0.5, 0.6) is 0 Å². The average molecular weight is 387 g/mol. The minimum Gasteiger partial charge on any atom is -0.505 e. The number of anilines is 1. The van der Waals surface area contributed by atoms with Gasteiger partial charge in [0.1, 0.15) is 0 Å². The summed E-state index contributed by atoms with van der Waals surface area (Å²) in [6, 6.07) is 10.5. The molecule has 0 saturated carbocycles. The largest absolute Gasteiger partial charge is 0.505 e. The Hall–Kier alpha value is -3.33. The van der Waals surface area contributed by atoms with Crippen molar-refractivity contribution in [3.63, 3.8) is 0 Å². The molecule has 0 atom stereocenters. The summed E-state index contributed by atoms with van der Waals surface area (Å²) >= 11 is 0. The summed E-state index contributed by atoms with van der Waals surface area (Å²) in [6.07, 6.45) is 0. The molecule has 0 fully saturated rings. The third-order valence-corrected chi connectivity index (χ3v) is 6.02. The smallest absolute Gasteiger partial charge is 0.276 e. The van der Waals surface area contributed by atoms with E-state index in [-0.39, 0.29) is 21.7 Å². The number of rotatable bonds is 3. The van der Waals surface area contributed by atoms with Crippen LogP contribution in [0.4, 0.5) is 5.69 Å². The molecule has 8 nitrogen and oxygen atoms in total. The maximum Gasteiger partial charge on any atom is 0.276 e. The maximum atomic E-state index is 12.8. The molecule has 4 N–H and O–H groups in total. The topological polar surface area (TPSA) is 130 Å². The first-order valence-electron chi connectivity index (χ1n) is 7.88. The van der Waals surface area contributed by atoms with E-state index in [4.69, 9.17) is 5.73 Å². The molecule has 1 heterocycles. The molecule has 0 radical (unpaired) electrons. The predicted molar refractivity (Wildman–Crippen MR) is 99.3 cm³/mol. The van der Waals surface area contributed by atoms with Crippen molar-refractivity contribution >= 4 is 33.3 Å². The highest BCUT2D eigenvalue weighted by Crippen LogP contribution is 2.35. The number of aryl methyl sites for hydroxylation is 1. The van der Waals surface area contributed by atoms with Gasteiger partial charge in [0.05, 0.1) is 16.1 Å². The van der Waals surface area contributed by atoms with Gasteiger partial charge in [-0.1, -0.05) is 18.2 Å². The summed E-state index contributed by atoms with van der Waals surface area (Å²) in [4.78, 5) is 24.2. The summed E-state index contributed by atoms with van der Waals surface area (Å²) < 4.78 is 26.3. The van der Waals surface area contributed by atoms with E-state index in [9.17, 15) is 23.1 Å². The molecule has 0 aliphatic carbocycles. The van der Waals surface area contributed by atoms with Gasteiger partial charge >= 0.3 is 0 Å². The van der Waals surface area contributed by atoms with Crippen molar-refractivity contribution in [1.82, 2.24) is 4.31 Å². The lowest BCUT2D eigenvalue weighted by molar-refractivity contribution is -0.113. The van der Waals surface area contributed by atoms with Crippen LogP contribution in [0.1, 0.15) is 21.5 Å². The van der Waals surface area contributed by atoms with E-state index < -0.39 is 33.3 Å². The van der Waals surface area contributed by atoms with Crippen LogP contribution in [0, 0.1) is 6.92 Å². The van der Waals surface area contributed by atoms with Gasteiger partial charge < -0.3 is 16.2 Å². The number of likely N-dealkylation sites (N-methyl/N-ethyl adjacent to an activating group) is 1. The van der Waals surface area contributed by atoms with Gasteiger partial charge in [-0.2, -0.15) is 0 Å². The van der Waals surface area contributed by atoms with Crippen LogP contribution in [0.3, 0.4) is 0 Å². The van der Waals surface area contributed by atoms with Crippen molar-refractivity contribution in [1.29, 1.82) is 0 Å². The second-order valence-corrected chi connectivity index (χ2v) is 7.97. The number of nitrogens with zero attached hydrogens (tertiary/aromatic N) is 1. The molecule has 0 spiro atoms. The second-order valence-electron chi connectivity index (χ2n) is 6.03. The predicted octanol–water partition coefficient (Wildman–Crippen LogP) is 1.59. The lowest BCUT2D eigenvalue weighted by atomic mass is 10.1. The van der Waals surface area contributed by atoms with Gasteiger partial charge in [0, 0.05) is 12.6 Å². The SMILES string of the molecule is Cc1ccc2c(c1)S(=O)(=O)N(C)C(C(=O)Nc1ccccc1C(N)=O)=C2O. The van der Waals surface area contributed by atoms with E-state index in [1.807, 2.05) is 0 Å². The summed E-state index contributed by atoms with van der Waals surface area (Å²) in [5, 5.41) is 13.0. The molecule has 3 rings (SSSR count). The number of benzene rings is 2. The van der Waals surface area contributed by atoms with Gasteiger partial charge in [-0.15, -0.1) is 0 Å². The van der Waals surface area contributed by atoms with E-state index in [1.165, 1.54) is 31.3 Å². The summed E-state index contributed by atoms with van der Waals surface area (Å²) in [6.45, 7) is 1.72. The van der Waals surface area contributed by atoms with Crippen molar-refractivity contribution in [2.45, 2.75) is 11.8 Å². The van der Waals surface area contributed by atoms with Gasteiger partial charge in [0.15, 0.2) is 11.5 Å². The third-order valence-electron chi connectivity index (χ3n) is 4.23. The lowest BCUT2D eigenvalue weighted by Gasteiger charge is -2.28. The molecule has 2 amide bonds. The highest BCUT2D eigenvalue weighted by Gasteiger charge is 2.38. The number of carbonyl (C=O) groups is 2. The lowest BCUT2D eigenvalue weighted by Crippen LogP contribution is -2.37. The number of fused-ring (bicyclic) bond motifs is 1. The number of para-hydroxylation sites is 1. The zero-order valence-electron chi connectivity index (χ0n) is 14.6. The van der Waals surface area contributed by atoms with E-state index >= 15 is 0 Å². The van der Waals surface area contributed by atoms with Gasteiger partial charge in [-0.05, 0) is 36.8 Å². The summed E-state index contributed by atoms with van der Waals surface area (Å²) in [7, 11) is -2.85. The van der Waals surface area contributed by atoms with Crippen molar-refractivity contribution in [3.05, 3.63) is 64.9 Å². The first-order valence-corrected chi connectivity index (χ1v) is 9.32. The molecule has 27 heavy (non-hydrogen) atoms. The molecule has 0 bridgehead atoms. The molecule has 0 saturated heterocycles. The number of primary amides is 1. The van der Waals surface area contributed by atoms with Crippen LogP contribution in [0.2, 0.25) is 0 Å². The molecule has 9 heteroatoms. The van der Waals surface area contributed by atoms with Gasteiger partial charge in [-0.3, -0.25) is 13.9 Å². The minimum atomic E-state index is -4.03. The number of aliphatic hydroxyl groups is 1. The Balaban J connectivity index is 2.11. The minimum absolute atomic E-state index is 0.0343. The van der Waals surface area contributed by atoms with Crippen LogP contribution < -0.4 is 11.1 Å². The number of hydrogen-bond acceptors (Lipinski definition) is 5. The van der Waals surface area contributed by atoms with Gasteiger partial charge in [-0.25, -0.2) is 8.42 Å². The molecule has 0 unspecified atom stereocenters. The molecule has 0 aromatic heterocycles. The highest BCUT2D eigenvalue weighted by atomic mass is 32.2. The number of hydrogen-bond donors (Lipinski definition) is 3. The van der Waals surface area contributed by atoms with Crippen LogP contribution in [-0.2, 0) is 14.8 Å². The van der Waals surface area contributed by atoms with Gasteiger partial charge in [0.2, 0.25) is 0 Å². The Morgan fingerprint density at radius 2 is 1.81 bits per heavy atom. The Kier molecular flexibility index (Phi) is 4.40. The fourth-order valence-electron chi connectivity index (χ4n) is 2.82. The Bertz CT molecular complexity index is 1110. The quantitative estimate of drug-likeness (QED) is 0.736. The number of aliphatic hydroxyl groups excluding tert-OH is 1. The maximum absolute atomic E-state index is 12.8. The summed E-state index contributed by atoms with van der Waals surface area (Å²) in [5.74, 6) is -2.12. The molecule has 1 aliphatic rings. The third kappa shape index (κ3) is 3.02. The highest BCUT2D eigenvalue weighted by molar-refractivity contribution is 7.89. The Labute approximate surface area is 156 Å². The molecule has 2 aromatic carbocycles. The van der Waals surface area contributed by atoms with Crippen molar-refractivity contribution < 1.29 is 23.1 Å². The van der Waals surface area contributed by atoms with Crippen LogP contribution >= 0.6 is 0 Å². The van der Waals surface area contributed by atoms with Crippen LogP contribution in [0.15, 0.2) is 53.1 Å². The molecular formula is C18H17N3O5S. The fourth-order valence-corrected chi connectivity index (χ4v) is 4.30. The summed E-state index contributed by atoms with van der Waals surface area (Å²) in [5.41, 5.74) is 5.73. The fraction of sp³-hybridized carbons (Fsp3) is 0.111. The molecule has 1 aliphatic heterocycles. The van der Waals surface area contributed by atoms with Gasteiger partial charge in [0.25, 0.3) is 21.8 Å². The van der Waals surface area contributed by atoms with Crippen molar-refractivity contribution in [2.24, 2.45) is 5.73 Å². The van der Waals surface area contributed by atoms with E-state index in [0.29, 0.717) is 9.87 Å². The van der Waals surface area contributed by atoms with Crippen molar-refractivity contribution in [3.8, 4) is 0 Å². The Morgan fingerprint density at radius 1 is 1.15 bits per heavy atom. The number of amides is 2. The first kappa shape index (κ1) is 18.5. The standard InChI is InChI=1S/C18H17N3O5S/c1-10-7-8-12-14(9-10)27(25,26)21(2)15(16(12)22)18(24)20-13-6-4-3-5-11(13)17(19)23/h3-9,22H,1-2H3,(H2,19,23)(H,20,24). The zero-order chi connectivity index (χ0) is 19.9. The molecular weight excluding hydrogens is 370 g/mol. The molecule has 140 valence electrons. The van der Waals surface area contributed by atoms with Crippen molar-refractivity contribution in [2.75, 3.05) is 12.4 Å². The first-order chi connectivity index (χ1) is 12.6. The zero-order valence-corrected chi connectivity index (χ0v) is 15.4. The second kappa shape index (κ2) is 6.44. The number of sulfonamides is 1. The van der Waals surface area contributed by atoms with Crippen LogP contribution in [0.25, 0.3) is 5.76 Å². The Morgan fingerprint density at radius 3 is 2.48 bits per heavy atom. The van der Waals surface area contributed by atoms with E-state index in [0.717, 1.165) is 0 Å². The molecule has 2 aromatic rings. The monoisotopic (exact) mass is 387 g/mol.